The summed E-state index contributed by atoms with van der Waals surface area (Å²) in [6.45, 7) is 3.96. The summed E-state index contributed by atoms with van der Waals surface area (Å²) in [6, 6.07) is 5.36. The van der Waals surface area contributed by atoms with Crippen molar-refractivity contribution in [3.63, 3.8) is 0 Å². The third-order valence-corrected chi connectivity index (χ3v) is 4.20. The Morgan fingerprint density at radius 2 is 1.95 bits per heavy atom. The molecule has 1 fully saturated rings. The van der Waals surface area contributed by atoms with E-state index in [-0.39, 0.29) is 5.82 Å². The predicted octanol–water partition coefficient (Wildman–Crippen LogP) is 4.37. The van der Waals surface area contributed by atoms with Crippen molar-refractivity contribution >= 4 is 5.95 Å². The summed E-state index contributed by atoms with van der Waals surface area (Å²) in [7, 11) is 0. The Kier molecular flexibility index (Phi) is 3.95. The third-order valence-electron chi connectivity index (χ3n) is 4.20. The number of hydrogen-bond acceptors (Lipinski definition) is 2. The Bertz CT molecular complexity index is 627. The quantitative estimate of drug-likeness (QED) is 0.908. The van der Waals surface area contributed by atoms with Gasteiger partial charge in [-0.1, -0.05) is 25.3 Å². The lowest BCUT2D eigenvalue weighted by atomic mass is 9.96. The molecule has 1 aromatic heterocycles. The summed E-state index contributed by atoms with van der Waals surface area (Å²) < 4.78 is 15.6. The first-order chi connectivity index (χ1) is 10.1. The zero-order valence-electron chi connectivity index (χ0n) is 12.7. The number of anilines is 1. The van der Waals surface area contributed by atoms with Crippen LogP contribution in [0, 0.1) is 19.7 Å². The smallest absolute Gasteiger partial charge is 0.207 e. The molecule has 112 valence electrons. The number of nitrogens with zero attached hydrogens (tertiary/aromatic N) is 2. The Morgan fingerprint density at radius 3 is 2.71 bits per heavy atom. The molecule has 1 aromatic carbocycles. The number of imidazole rings is 1. The van der Waals surface area contributed by atoms with Crippen molar-refractivity contribution in [1.82, 2.24) is 9.55 Å². The number of benzene rings is 1. The summed E-state index contributed by atoms with van der Waals surface area (Å²) in [4.78, 5) is 4.58. The Morgan fingerprint density at radius 1 is 1.19 bits per heavy atom. The number of nitrogens with one attached hydrogen (secondary N) is 1. The summed E-state index contributed by atoms with van der Waals surface area (Å²) in [5.74, 6) is 0.610. The lowest BCUT2D eigenvalue weighted by Crippen LogP contribution is -2.24. The van der Waals surface area contributed by atoms with E-state index in [1.807, 2.05) is 30.7 Å². The number of aryl methyl sites for hydroxylation is 2. The lowest BCUT2D eigenvalue weighted by molar-refractivity contribution is 0.460. The van der Waals surface area contributed by atoms with Gasteiger partial charge < -0.3 is 5.32 Å². The average Bonchev–Trinajstić information content (AvgIpc) is 2.83. The zero-order valence-corrected chi connectivity index (χ0v) is 12.7. The van der Waals surface area contributed by atoms with Gasteiger partial charge in [-0.05, 0) is 44.4 Å². The number of rotatable bonds is 3. The van der Waals surface area contributed by atoms with Gasteiger partial charge in [0.25, 0.3) is 0 Å². The van der Waals surface area contributed by atoms with Crippen molar-refractivity contribution in [2.24, 2.45) is 0 Å². The Balaban J connectivity index is 1.93. The maximum Gasteiger partial charge on any atom is 0.207 e. The monoisotopic (exact) mass is 287 g/mol. The standard InChI is InChI=1S/C17H22FN3/c1-12-8-9-14(18)10-16(12)21-11-13(2)19-17(21)20-15-6-4-3-5-7-15/h8-11,15H,3-7H2,1-2H3,(H,19,20). The van der Waals surface area contributed by atoms with Gasteiger partial charge in [-0.3, -0.25) is 4.57 Å². The summed E-state index contributed by atoms with van der Waals surface area (Å²) in [5.41, 5.74) is 2.84. The van der Waals surface area contributed by atoms with Crippen LogP contribution >= 0.6 is 0 Å². The maximum atomic E-state index is 13.6. The van der Waals surface area contributed by atoms with Crippen LogP contribution in [-0.4, -0.2) is 15.6 Å². The van der Waals surface area contributed by atoms with Gasteiger partial charge in [-0.25, -0.2) is 9.37 Å². The molecule has 1 aliphatic rings. The molecular weight excluding hydrogens is 265 g/mol. The number of halogens is 1. The summed E-state index contributed by atoms with van der Waals surface area (Å²) in [5, 5.41) is 3.54. The highest BCUT2D eigenvalue weighted by Gasteiger charge is 2.17. The van der Waals surface area contributed by atoms with Gasteiger partial charge in [0, 0.05) is 12.2 Å². The third kappa shape index (κ3) is 3.09. The molecule has 0 unspecified atom stereocenters. The van der Waals surface area contributed by atoms with Crippen LogP contribution < -0.4 is 5.32 Å². The zero-order chi connectivity index (χ0) is 14.8. The van der Waals surface area contributed by atoms with Crippen molar-refractivity contribution in [2.45, 2.75) is 52.0 Å². The minimum absolute atomic E-state index is 0.217. The first-order valence-corrected chi connectivity index (χ1v) is 7.72. The van der Waals surface area contributed by atoms with Crippen molar-refractivity contribution in [2.75, 3.05) is 5.32 Å². The van der Waals surface area contributed by atoms with Gasteiger partial charge >= 0.3 is 0 Å². The summed E-state index contributed by atoms with van der Waals surface area (Å²) >= 11 is 0. The van der Waals surface area contributed by atoms with Crippen LogP contribution in [-0.2, 0) is 0 Å². The first kappa shape index (κ1) is 14.1. The molecule has 0 spiro atoms. The molecule has 3 nitrogen and oxygen atoms in total. The normalized spacial score (nSPS) is 16.1. The van der Waals surface area contributed by atoms with E-state index in [9.17, 15) is 4.39 Å². The maximum absolute atomic E-state index is 13.6. The molecule has 0 bridgehead atoms. The first-order valence-electron chi connectivity index (χ1n) is 7.72. The second-order valence-electron chi connectivity index (χ2n) is 5.99. The second kappa shape index (κ2) is 5.88. The van der Waals surface area contributed by atoms with E-state index in [1.54, 1.807) is 6.07 Å². The molecule has 1 N–H and O–H groups in total. The van der Waals surface area contributed by atoms with Crippen LogP contribution in [0.3, 0.4) is 0 Å². The molecule has 1 aliphatic carbocycles. The number of hydrogen-bond donors (Lipinski definition) is 1. The van der Waals surface area contributed by atoms with Crippen LogP contribution in [0.5, 0.6) is 0 Å². The minimum atomic E-state index is -0.217. The van der Waals surface area contributed by atoms with Crippen molar-refractivity contribution < 1.29 is 4.39 Å². The van der Waals surface area contributed by atoms with Crippen molar-refractivity contribution in [3.05, 3.63) is 41.5 Å². The van der Waals surface area contributed by atoms with Gasteiger partial charge in [0.05, 0.1) is 11.4 Å². The second-order valence-corrected chi connectivity index (χ2v) is 5.99. The summed E-state index contributed by atoms with van der Waals surface area (Å²) in [6.07, 6.45) is 8.22. The fourth-order valence-electron chi connectivity index (χ4n) is 3.05. The molecule has 3 rings (SSSR count). The van der Waals surface area contributed by atoms with E-state index in [4.69, 9.17) is 0 Å². The van der Waals surface area contributed by atoms with Crippen LogP contribution in [0.2, 0.25) is 0 Å². The highest BCUT2D eigenvalue weighted by atomic mass is 19.1. The highest BCUT2D eigenvalue weighted by Crippen LogP contribution is 2.25. The molecule has 4 heteroatoms. The minimum Gasteiger partial charge on any atom is -0.353 e. The van der Waals surface area contributed by atoms with Gasteiger partial charge in [0.2, 0.25) is 5.95 Å². The van der Waals surface area contributed by atoms with Crippen LogP contribution in [0.1, 0.15) is 43.4 Å². The molecule has 0 saturated heterocycles. The average molecular weight is 287 g/mol. The fraction of sp³-hybridized carbons (Fsp3) is 0.471. The molecule has 2 aromatic rings. The molecule has 1 heterocycles. The van der Waals surface area contributed by atoms with Crippen LogP contribution in [0.25, 0.3) is 5.69 Å². The molecule has 0 radical (unpaired) electrons. The molecule has 1 saturated carbocycles. The SMILES string of the molecule is Cc1cn(-c2cc(F)ccc2C)c(NC2CCCCC2)n1. The number of aromatic nitrogens is 2. The van der Waals surface area contributed by atoms with Gasteiger partial charge in [0.15, 0.2) is 0 Å². The fourth-order valence-corrected chi connectivity index (χ4v) is 3.05. The Hall–Kier alpha value is -1.84. The molecule has 0 aliphatic heterocycles. The van der Waals surface area contributed by atoms with Crippen LogP contribution in [0.15, 0.2) is 24.4 Å². The van der Waals surface area contributed by atoms with Gasteiger partial charge in [0.1, 0.15) is 5.82 Å². The van der Waals surface area contributed by atoms with E-state index < -0.39 is 0 Å². The van der Waals surface area contributed by atoms with E-state index >= 15 is 0 Å². The Labute approximate surface area is 125 Å². The molecule has 0 amide bonds. The van der Waals surface area contributed by atoms with Crippen molar-refractivity contribution in [3.8, 4) is 5.69 Å². The van der Waals surface area contributed by atoms with Gasteiger partial charge in [-0.15, -0.1) is 0 Å². The van der Waals surface area contributed by atoms with E-state index in [0.717, 1.165) is 22.9 Å². The van der Waals surface area contributed by atoms with E-state index in [1.165, 1.54) is 38.2 Å². The molecular formula is C17H22FN3. The topological polar surface area (TPSA) is 29.9 Å². The van der Waals surface area contributed by atoms with E-state index in [2.05, 4.69) is 10.3 Å². The molecule has 0 atom stereocenters. The largest absolute Gasteiger partial charge is 0.353 e. The predicted molar refractivity (Wildman–Crippen MR) is 83.5 cm³/mol. The van der Waals surface area contributed by atoms with Crippen molar-refractivity contribution in [1.29, 1.82) is 0 Å². The lowest BCUT2D eigenvalue weighted by Gasteiger charge is -2.24. The van der Waals surface area contributed by atoms with E-state index in [0.29, 0.717) is 6.04 Å². The highest BCUT2D eigenvalue weighted by molar-refractivity contribution is 5.48. The molecule has 21 heavy (non-hydrogen) atoms. The van der Waals surface area contributed by atoms with Crippen LogP contribution in [0.4, 0.5) is 10.3 Å². The van der Waals surface area contributed by atoms with Gasteiger partial charge in [-0.2, -0.15) is 0 Å².